The lowest BCUT2D eigenvalue weighted by Gasteiger charge is -2.03. The number of carbonyl (C=O) groups excluding carboxylic acids is 3. The number of esters is 3. The normalized spacial score (nSPS) is 9.67. The predicted molar refractivity (Wildman–Crippen MR) is 59.9 cm³/mol. The Labute approximate surface area is 103 Å². The largest absolute Gasteiger partial charge is 0.460 e. The zero-order valence-corrected chi connectivity index (χ0v) is 9.71. The minimum Gasteiger partial charge on any atom is -0.460 e. The minimum absolute atomic E-state index is 0.0903. The lowest BCUT2D eigenvalue weighted by molar-refractivity contribution is -0.135. The molecule has 0 spiro atoms. The molecule has 0 bridgehead atoms. The molecule has 0 aliphatic carbocycles. The Bertz CT molecular complexity index is 448. The molecule has 0 saturated carbocycles. The maximum atomic E-state index is 11.4. The van der Waals surface area contributed by atoms with Gasteiger partial charge in [0, 0.05) is 6.92 Å². The molecule has 1 aromatic carbocycles. The second kappa shape index (κ2) is 6.51. The molecule has 6 heteroatoms. The van der Waals surface area contributed by atoms with Gasteiger partial charge in [-0.15, -0.1) is 0 Å². The van der Waals surface area contributed by atoms with E-state index in [0.717, 1.165) is 6.92 Å². The summed E-state index contributed by atoms with van der Waals surface area (Å²) in [5.41, 5.74) is 0.395. The van der Waals surface area contributed by atoms with Gasteiger partial charge in [0.1, 0.15) is 6.61 Å². The van der Waals surface area contributed by atoms with E-state index in [0.29, 0.717) is 0 Å². The van der Waals surface area contributed by atoms with Crippen LogP contribution in [0.3, 0.4) is 0 Å². The van der Waals surface area contributed by atoms with E-state index >= 15 is 0 Å². The number of ether oxygens (including phenoxy) is 2. The summed E-state index contributed by atoms with van der Waals surface area (Å²) in [7, 11) is 0. The molecule has 0 aliphatic heterocycles. The van der Waals surface area contributed by atoms with Crippen LogP contribution in [-0.4, -0.2) is 36.2 Å². The van der Waals surface area contributed by atoms with E-state index in [1.54, 1.807) is 0 Å². The second-order valence-electron chi connectivity index (χ2n) is 3.32. The van der Waals surface area contributed by atoms with Gasteiger partial charge < -0.3 is 14.6 Å². The fraction of sp³-hybridized carbons (Fsp3) is 0.250. The van der Waals surface area contributed by atoms with Crippen LogP contribution in [0.4, 0.5) is 0 Å². The average Bonchev–Trinajstić information content (AvgIpc) is 2.35. The van der Waals surface area contributed by atoms with Crippen LogP contribution in [0.25, 0.3) is 0 Å². The van der Waals surface area contributed by atoms with Crippen molar-refractivity contribution in [3.63, 3.8) is 0 Å². The van der Waals surface area contributed by atoms with Gasteiger partial charge in [-0.1, -0.05) is 0 Å². The molecule has 0 radical (unpaired) electrons. The van der Waals surface area contributed by atoms with Crippen molar-refractivity contribution < 1.29 is 29.0 Å². The van der Waals surface area contributed by atoms with Crippen LogP contribution >= 0.6 is 0 Å². The van der Waals surface area contributed by atoms with Gasteiger partial charge in [-0.25, -0.2) is 9.59 Å². The maximum Gasteiger partial charge on any atom is 0.345 e. The monoisotopic (exact) mass is 252 g/mol. The molecule has 96 valence electrons. The Balaban J connectivity index is 2.70. The summed E-state index contributed by atoms with van der Waals surface area (Å²) in [6, 6.07) is 5.44. The van der Waals surface area contributed by atoms with Gasteiger partial charge in [0.05, 0.1) is 17.7 Å². The molecule has 1 N–H and O–H groups in total. The number of aliphatic hydroxyl groups is 1. The standard InChI is InChI=1S/C12H12O6/c1-8(14)18-12(16)10-4-2-9(3-5-10)11(15)17-7-6-13/h2-5,13H,6-7H2,1H3. The molecule has 1 rings (SSSR count). The van der Waals surface area contributed by atoms with Crippen molar-refractivity contribution >= 4 is 17.9 Å². The van der Waals surface area contributed by atoms with E-state index in [1.807, 2.05) is 0 Å². The summed E-state index contributed by atoms with van der Waals surface area (Å²) in [6.45, 7) is 0.778. The molecule has 0 unspecified atom stereocenters. The van der Waals surface area contributed by atoms with E-state index in [9.17, 15) is 14.4 Å². The first-order chi connectivity index (χ1) is 8.54. The number of hydrogen-bond acceptors (Lipinski definition) is 6. The van der Waals surface area contributed by atoms with Crippen LogP contribution in [0.15, 0.2) is 24.3 Å². The van der Waals surface area contributed by atoms with Crippen molar-refractivity contribution in [2.75, 3.05) is 13.2 Å². The fourth-order valence-electron chi connectivity index (χ4n) is 1.15. The predicted octanol–water partition coefficient (Wildman–Crippen LogP) is 0.539. The fourth-order valence-corrected chi connectivity index (χ4v) is 1.15. The second-order valence-corrected chi connectivity index (χ2v) is 3.32. The van der Waals surface area contributed by atoms with Crippen molar-refractivity contribution in [3.8, 4) is 0 Å². The van der Waals surface area contributed by atoms with Gasteiger partial charge in [-0.3, -0.25) is 4.79 Å². The molecule has 0 aromatic heterocycles. The third-order valence-electron chi connectivity index (χ3n) is 1.92. The van der Waals surface area contributed by atoms with Crippen LogP contribution < -0.4 is 0 Å². The molecule has 6 nitrogen and oxygen atoms in total. The lowest BCUT2D eigenvalue weighted by Crippen LogP contribution is -2.11. The Hall–Kier alpha value is -2.21. The van der Waals surface area contributed by atoms with Crippen LogP contribution in [0.5, 0.6) is 0 Å². The average molecular weight is 252 g/mol. The SMILES string of the molecule is CC(=O)OC(=O)c1ccc(C(=O)OCCO)cc1. The Kier molecular flexibility index (Phi) is 5.01. The number of rotatable bonds is 4. The van der Waals surface area contributed by atoms with Gasteiger partial charge in [-0.2, -0.15) is 0 Å². The molecule has 0 aliphatic rings. The van der Waals surface area contributed by atoms with E-state index in [2.05, 4.69) is 9.47 Å². The van der Waals surface area contributed by atoms with Gasteiger partial charge >= 0.3 is 17.9 Å². The first kappa shape index (κ1) is 13.9. The van der Waals surface area contributed by atoms with E-state index < -0.39 is 17.9 Å². The summed E-state index contributed by atoms with van der Waals surface area (Å²) in [5, 5.41) is 8.49. The van der Waals surface area contributed by atoms with E-state index in [4.69, 9.17) is 5.11 Å². The Morgan fingerprint density at radius 1 is 1.06 bits per heavy atom. The van der Waals surface area contributed by atoms with Crippen molar-refractivity contribution in [1.29, 1.82) is 0 Å². The smallest absolute Gasteiger partial charge is 0.345 e. The van der Waals surface area contributed by atoms with Crippen molar-refractivity contribution in [2.45, 2.75) is 6.92 Å². The zero-order chi connectivity index (χ0) is 13.5. The molecule has 0 fully saturated rings. The van der Waals surface area contributed by atoms with Gasteiger partial charge in [-0.05, 0) is 24.3 Å². The summed E-state index contributed by atoms with van der Waals surface area (Å²) in [6.07, 6.45) is 0. The first-order valence-electron chi connectivity index (χ1n) is 5.15. The molecule has 1 aromatic rings. The summed E-state index contributed by atoms with van der Waals surface area (Å²) in [4.78, 5) is 33.3. The topological polar surface area (TPSA) is 89.9 Å². The molecule has 0 atom stereocenters. The highest BCUT2D eigenvalue weighted by atomic mass is 16.6. The van der Waals surface area contributed by atoms with E-state index in [-0.39, 0.29) is 24.3 Å². The van der Waals surface area contributed by atoms with Crippen molar-refractivity contribution in [3.05, 3.63) is 35.4 Å². The Morgan fingerprint density at radius 2 is 1.56 bits per heavy atom. The van der Waals surface area contributed by atoms with Crippen LogP contribution in [0.2, 0.25) is 0 Å². The molecule has 0 saturated heterocycles. The molecule has 0 heterocycles. The number of carbonyl (C=O) groups is 3. The molecule has 18 heavy (non-hydrogen) atoms. The highest BCUT2D eigenvalue weighted by molar-refractivity contribution is 5.97. The number of aliphatic hydroxyl groups excluding tert-OH is 1. The summed E-state index contributed by atoms with van der Waals surface area (Å²) >= 11 is 0. The van der Waals surface area contributed by atoms with Gasteiger partial charge in [0.2, 0.25) is 0 Å². The zero-order valence-electron chi connectivity index (χ0n) is 9.71. The molecular weight excluding hydrogens is 240 g/mol. The third-order valence-corrected chi connectivity index (χ3v) is 1.92. The van der Waals surface area contributed by atoms with Crippen LogP contribution in [0, 0.1) is 0 Å². The van der Waals surface area contributed by atoms with E-state index in [1.165, 1.54) is 24.3 Å². The van der Waals surface area contributed by atoms with Gasteiger partial charge in [0.15, 0.2) is 0 Å². The van der Waals surface area contributed by atoms with Crippen molar-refractivity contribution in [1.82, 2.24) is 0 Å². The molecule has 0 amide bonds. The highest BCUT2D eigenvalue weighted by Crippen LogP contribution is 2.07. The summed E-state index contributed by atoms with van der Waals surface area (Å²) in [5.74, 6) is -2.08. The van der Waals surface area contributed by atoms with Crippen LogP contribution in [-0.2, 0) is 14.3 Å². The first-order valence-corrected chi connectivity index (χ1v) is 5.15. The van der Waals surface area contributed by atoms with Gasteiger partial charge in [0.25, 0.3) is 0 Å². The van der Waals surface area contributed by atoms with Crippen molar-refractivity contribution in [2.24, 2.45) is 0 Å². The maximum absolute atomic E-state index is 11.4. The summed E-state index contributed by atoms with van der Waals surface area (Å²) < 4.78 is 9.06. The highest BCUT2D eigenvalue weighted by Gasteiger charge is 2.12. The lowest BCUT2D eigenvalue weighted by atomic mass is 10.1. The third kappa shape index (κ3) is 3.99. The Morgan fingerprint density at radius 3 is 2.00 bits per heavy atom. The number of benzene rings is 1. The quantitative estimate of drug-likeness (QED) is 0.621. The molecular formula is C12H12O6. The number of hydrogen-bond donors (Lipinski definition) is 1. The minimum atomic E-state index is -0.780. The van der Waals surface area contributed by atoms with Crippen LogP contribution in [0.1, 0.15) is 27.6 Å².